The number of halogens is 3. The van der Waals surface area contributed by atoms with E-state index in [9.17, 15) is 18.0 Å². The summed E-state index contributed by atoms with van der Waals surface area (Å²) in [4.78, 5) is 13.6. The largest absolute Gasteiger partial charge is 0.418 e. The molecule has 0 bridgehead atoms. The monoisotopic (exact) mass is 301 g/mol. The van der Waals surface area contributed by atoms with Crippen LogP contribution in [0.5, 0.6) is 0 Å². The Labute approximate surface area is 121 Å². The number of hydrogen-bond donors (Lipinski definition) is 2. The summed E-state index contributed by atoms with van der Waals surface area (Å²) in [7, 11) is 0. The van der Waals surface area contributed by atoms with Crippen LogP contribution in [0.15, 0.2) is 18.2 Å². The number of amides is 2. The Kier molecular flexibility index (Phi) is 4.41. The predicted molar refractivity (Wildman–Crippen MR) is 74.2 cm³/mol. The predicted octanol–water partition coefficient (Wildman–Crippen LogP) is 2.84. The molecule has 1 aromatic rings. The Balaban J connectivity index is 2.17. The molecule has 1 aliphatic heterocycles. The van der Waals surface area contributed by atoms with E-state index in [2.05, 4.69) is 10.6 Å². The highest BCUT2D eigenvalue weighted by Gasteiger charge is 2.34. The normalized spacial score (nSPS) is 19.5. The summed E-state index contributed by atoms with van der Waals surface area (Å²) in [5.41, 5.74) is -0.528. The molecule has 1 saturated heterocycles. The molecule has 2 rings (SSSR count). The lowest BCUT2D eigenvalue weighted by Gasteiger charge is -2.32. The number of aryl methyl sites for hydroxylation is 1. The van der Waals surface area contributed by atoms with Crippen molar-refractivity contribution in [3.8, 4) is 0 Å². The number of hydrogen-bond acceptors (Lipinski definition) is 2. The second-order valence-electron chi connectivity index (χ2n) is 5.28. The van der Waals surface area contributed by atoms with E-state index in [1.54, 1.807) is 13.0 Å². The van der Waals surface area contributed by atoms with E-state index in [0.29, 0.717) is 25.2 Å². The van der Waals surface area contributed by atoms with Crippen molar-refractivity contribution in [2.24, 2.45) is 0 Å². The molecule has 7 heteroatoms. The number of benzene rings is 1. The molecule has 0 aliphatic carbocycles. The van der Waals surface area contributed by atoms with Gasteiger partial charge in [0.15, 0.2) is 0 Å². The van der Waals surface area contributed by atoms with Crippen molar-refractivity contribution in [2.75, 3.05) is 25.0 Å². The van der Waals surface area contributed by atoms with Crippen molar-refractivity contribution >= 4 is 11.7 Å². The first kappa shape index (κ1) is 15.6. The van der Waals surface area contributed by atoms with E-state index >= 15 is 0 Å². The lowest BCUT2D eigenvalue weighted by Crippen LogP contribution is -2.52. The average molecular weight is 301 g/mol. The Bertz CT molecular complexity index is 531. The zero-order valence-corrected chi connectivity index (χ0v) is 11.9. The van der Waals surface area contributed by atoms with Crippen LogP contribution in [0.25, 0.3) is 0 Å². The molecular formula is C14H18F3N3O. The zero-order chi connectivity index (χ0) is 15.6. The van der Waals surface area contributed by atoms with Gasteiger partial charge in [-0.25, -0.2) is 4.79 Å². The third-order valence-corrected chi connectivity index (χ3v) is 3.38. The van der Waals surface area contributed by atoms with Crippen LogP contribution >= 0.6 is 0 Å². The highest BCUT2D eigenvalue weighted by Crippen LogP contribution is 2.35. The number of alkyl halides is 3. The van der Waals surface area contributed by atoms with Crippen LogP contribution in [-0.2, 0) is 6.18 Å². The minimum atomic E-state index is -4.49. The smallest absolute Gasteiger partial charge is 0.322 e. The second kappa shape index (κ2) is 5.93. The maximum Gasteiger partial charge on any atom is 0.418 e. The highest BCUT2D eigenvalue weighted by atomic mass is 19.4. The molecule has 1 fully saturated rings. The number of nitrogens with one attached hydrogen (secondary N) is 2. The van der Waals surface area contributed by atoms with E-state index < -0.39 is 17.8 Å². The molecular weight excluding hydrogens is 283 g/mol. The van der Waals surface area contributed by atoms with Gasteiger partial charge in [-0.2, -0.15) is 13.2 Å². The number of carbonyl (C=O) groups is 1. The van der Waals surface area contributed by atoms with Crippen LogP contribution in [-0.4, -0.2) is 36.6 Å². The van der Waals surface area contributed by atoms with E-state index in [1.165, 1.54) is 11.0 Å². The quantitative estimate of drug-likeness (QED) is 0.838. The van der Waals surface area contributed by atoms with Gasteiger partial charge >= 0.3 is 12.2 Å². The molecule has 21 heavy (non-hydrogen) atoms. The summed E-state index contributed by atoms with van der Waals surface area (Å²) in [6.45, 7) is 5.09. The highest BCUT2D eigenvalue weighted by molar-refractivity contribution is 5.90. The van der Waals surface area contributed by atoms with E-state index in [-0.39, 0.29) is 11.7 Å². The first-order valence-corrected chi connectivity index (χ1v) is 6.74. The van der Waals surface area contributed by atoms with Gasteiger partial charge in [-0.1, -0.05) is 11.6 Å². The first-order valence-electron chi connectivity index (χ1n) is 6.74. The number of anilines is 1. The Morgan fingerprint density at radius 1 is 1.43 bits per heavy atom. The van der Waals surface area contributed by atoms with E-state index in [4.69, 9.17) is 0 Å². The third kappa shape index (κ3) is 3.87. The minimum Gasteiger partial charge on any atom is -0.322 e. The minimum absolute atomic E-state index is 0.129. The van der Waals surface area contributed by atoms with Crippen molar-refractivity contribution in [1.82, 2.24) is 10.2 Å². The molecule has 2 N–H and O–H groups in total. The van der Waals surface area contributed by atoms with Crippen molar-refractivity contribution < 1.29 is 18.0 Å². The van der Waals surface area contributed by atoms with Gasteiger partial charge < -0.3 is 15.5 Å². The summed E-state index contributed by atoms with van der Waals surface area (Å²) in [6.07, 6.45) is -4.49. The van der Waals surface area contributed by atoms with Crippen molar-refractivity contribution in [3.05, 3.63) is 29.3 Å². The molecule has 1 aromatic carbocycles. The molecule has 0 saturated carbocycles. The average Bonchev–Trinajstić information content (AvgIpc) is 2.39. The first-order chi connectivity index (χ1) is 9.77. The molecule has 4 nitrogen and oxygen atoms in total. The molecule has 2 amide bonds. The second-order valence-corrected chi connectivity index (χ2v) is 5.28. The number of carbonyl (C=O) groups excluding carboxylic acids is 1. The summed E-state index contributed by atoms with van der Waals surface area (Å²) in [5.74, 6) is 0. The molecule has 1 aliphatic rings. The molecule has 0 radical (unpaired) electrons. The third-order valence-electron chi connectivity index (χ3n) is 3.38. The topological polar surface area (TPSA) is 44.4 Å². The van der Waals surface area contributed by atoms with Crippen molar-refractivity contribution in [2.45, 2.75) is 26.1 Å². The van der Waals surface area contributed by atoms with Gasteiger partial charge in [-0.3, -0.25) is 0 Å². The summed E-state index contributed by atoms with van der Waals surface area (Å²) in [5, 5.41) is 5.55. The standard InChI is InChI=1S/C14H18F3N3O/c1-9-3-4-12(11(7-9)14(15,16)17)19-13(21)20-6-5-18-10(2)8-20/h3-4,7,10,18H,5-6,8H2,1-2H3,(H,19,21). The molecule has 1 heterocycles. The lowest BCUT2D eigenvalue weighted by molar-refractivity contribution is -0.137. The fourth-order valence-corrected chi connectivity index (χ4v) is 2.31. The SMILES string of the molecule is Cc1ccc(NC(=O)N2CCNC(C)C2)c(C(F)(F)F)c1. The van der Waals surface area contributed by atoms with E-state index in [1.807, 2.05) is 6.92 Å². The zero-order valence-electron chi connectivity index (χ0n) is 11.9. The number of urea groups is 1. The number of rotatable bonds is 1. The van der Waals surface area contributed by atoms with E-state index in [0.717, 1.165) is 6.07 Å². The summed E-state index contributed by atoms with van der Waals surface area (Å²) in [6, 6.07) is 3.51. The van der Waals surface area contributed by atoms with Crippen LogP contribution < -0.4 is 10.6 Å². The fourth-order valence-electron chi connectivity index (χ4n) is 2.31. The van der Waals surface area contributed by atoms with Gasteiger partial charge in [0.05, 0.1) is 11.3 Å². The van der Waals surface area contributed by atoms with Crippen LogP contribution in [0.1, 0.15) is 18.1 Å². The van der Waals surface area contributed by atoms with Gasteiger partial charge in [0.2, 0.25) is 0 Å². The van der Waals surface area contributed by atoms with Crippen LogP contribution in [0.4, 0.5) is 23.7 Å². The molecule has 1 unspecified atom stereocenters. The fraction of sp³-hybridized carbons (Fsp3) is 0.500. The van der Waals surface area contributed by atoms with Crippen LogP contribution in [0.3, 0.4) is 0 Å². The van der Waals surface area contributed by atoms with Crippen molar-refractivity contribution in [3.63, 3.8) is 0 Å². The number of nitrogens with zero attached hydrogens (tertiary/aromatic N) is 1. The molecule has 0 spiro atoms. The maximum absolute atomic E-state index is 13.0. The Morgan fingerprint density at radius 3 is 2.76 bits per heavy atom. The van der Waals surface area contributed by atoms with Crippen LogP contribution in [0.2, 0.25) is 0 Å². The van der Waals surface area contributed by atoms with Gasteiger partial charge in [0.25, 0.3) is 0 Å². The van der Waals surface area contributed by atoms with Crippen LogP contribution in [0, 0.1) is 6.92 Å². The van der Waals surface area contributed by atoms with Gasteiger partial charge in [-0.05, 0) is 26.0 Å². The molecule has 0 aromatic heterocycles. The van der Waals surface area contributed by atoms with Gasteiger partial charge in [0, 0.05) is 25.7 Å². The Morgan fingerprint density at radius 2 is 2.14 bits per heavy atom. The summed E-state index contributed by atoms with van der Waals surface area (Å²) >= 11 is 0. The maximum atomic E-state index is 13.0. The Hall–Kier alpha value is -1.76. The lowest BCUT2D eigenvalue weighted by atomic mass is 10.1. The van der Waals surface area contributed by atoms with Gasteiger partial charge in [-0.15, -0.1) is 0 Å². The van der Waals surface area contributed by atoms with Crippen molar-refractivity contribution in [1.29, 1.82) is 0 Å². The van der Waals surface area contributed by atoms with Gasteiger partial charge in [0.1, 0.15) is 0 Å². The summed E-state index contributed by atoms with van der Waals surface area (Å²) < 4.78 is 39.0. The molecule has 116 valence electrons. The number of piperazine rings is 1. The molecule has 1 atom stereocenters.